The summed E-state index contributed by atoms with van der Waals surface area (Å²) in [6.45, 7) is 0.913. The molecule has 0 radical (unpaired) electrons. The van der Waals surface area contributed by atoms with Crippen molar-refractivity contribution in [1.82, 2.24) is 14.5 Å². The number of thioether (sulfide) groups is 1. The van der Waals surface area contributed by atoms with Crippen LogP contribution >= 0.6 is 23.1 Å². The van der Waals surface area contributed by atoms with E-state index in [4.69, 9.17) is 15.7 Å². The molecule has 5 rings (SSSR count). The molecular weight excluding hydrogens is 396 g/mol. The number of nitrogen functional groups attached to an aromatic ring is 1. The predicted molar refractivity (Wildman–Crippen MR) is 123 cm³/mol. The number of anilines is 1. The Morgan fingerprint density at radius 1 is 0.897 bits per heavy atom. The van der Waals surface area contributed by atoms with Gasteiger partial charge < -0.3 is 10.3 Å². The molecule has 2 heterocycles. The summed E-state index contributed by atoms with van der Waals surface area (Å²) in [5.74, 6) is 1.88. The van der Waals surface area contributed by atoms with Gasteiger partial charge in [-0.25, -0.2) is 9.97 Å². The van der Waals surface area contributed by atoms with Crippen LogP contribution in [0, 0.1) is 0 Å². The fraction of sp³-hybridized carbons (Fsp3) is 0.130. The predicted octanol–water partition coefficient (Wildman–Crippen LogP) is 5.76. The molecular formula is C23H20N4S2. The Kier molecular flexibility index (Phi) is 4.96. The van der Waals surface area contributed by atoms with E-state index >= 15 is 0 Å². The first-order chi connectivity index (χ1) is 14.3. The number of hydrogen-bond acceptors (Lipinski definition) is 5. The average molecular weight is 417 g/mol. The monoisotopic (exact) mass is 416 g/mol. The number of aromatic nitrogens is 3. The van der Waals surface area contributed by atoms with Crippen molar-refractivity contribution >= 4 is 50.0 Å². The summed E-state index contributed by atoms with van der Waals surface area (Å²) in [4.78, 5) is 9.64. The van der Waals surface area contributed by atoms with Gasteiger partial charge in [-0.1, -0.05) is 54.2 Å². The molecule has 0 bridgehead atoms. The number of nitrogens with zero attached hydrogens (tertiary/aromatic N) is 3. The second-order valence-electron chi connectivity index (χ2n) is 6.90. The Labute approximate surface area is 177 Å². The quantitative estimate of drug-likeness (QED) is 0.282. The SMILES string of the molecule is Nc1ccc2nc(SCc3nc4ccccc4n3CCc3ccccc3)sc2c1. The minimum absolute atomic E-state index is 0.778. The summed E-state index contributed by atoms with van der Waals surface area (Å²) in [5, 5.41) is 0. The molecule has 0 saturated carbocycles. The van der Waals surface area contributed by atoms with Crippen molar-refractivity contribution in [2.75, 3.05) is 5.73 Å². The van der Waals surface area contributed by atoms with Crippen molar-refractivity contribution in [2.24, 2.45) is 0 Å². The number of para-hydroxylation sites is 2. The third kappa shape index (κ3) is 3.86. The van der Waals surface area contributed by atoms with E-state index < -0.39 is 0 Å². The lowest BCUT2D eigenvalue weighted by Crippen LogP contribution is -2.05. The van der Waals surface area contributed by atoms with Gasteiger partial charge in [0.15, 0.2) is 4.34 Å². The molecule has 0 saturated heterocycles. The van der Waals surface area contributed by atoms with E-state index in [-0.39, 0.29) is 0 Å². The van der Waals surface area contributed by atoms with Gasteiger partial charge in [0.2, 0.25) is 0 Å². The topological polar surface area (TPSA) is 56.7 Å². The average Bonchev–Trinajstić information content (AvgIpc) is 3.31. The van der Waals surface area contributed by atoms with E-state index in [1.165, 1.54) is 11.1 Å². The highest BCUT2D eigenvalue weighted by molar-refractivity contribution is 8.00. The molecule has 2 N–H and O–H groups in total. The molecule has 3 aromatic carbocycles. The van der Waals surface area contributed by atoms with Crippen molar-refractivity contribution in [2.45, 2.75) is 23.1 Å². The minimum atomic E-state index is 0.778. The van der Waals surface area contributed by atoms with Crippen LogP contribution in [0.5, 0.6) is 0 Å². The van der Waals surface area contributed by atoms with Crippen molar-refractivity contribution in [3.8, 4) is 0 Å². The fourth-order valence-electron chi connectivity index (χ4n) is 3.48. The van der Waals surface area contributed by atoms with Crippen LogP contribution in [0.4, 0.5) is 5.69 Å². The highest BCUT2D eigenvalue weighted by Gasteiger charge is 2.12. The second-order valence-corrected chi connectivity index (χ2v) is 9.15. The van der Waals surface area contributed by atoms with Crippen molar-refractivity contribution < 1.29 is 0 Å². The molecule has 2 aromatic heterocycles. The zero-order valence-electron chi connectivity index (χ0n) is 15.8. The number of thiazole rings is 1. The molecule has 0 aliphatic rings. The first-order valence-electron chi connectivity index (χ1n) is 9.53. The fourth-order valence-corrected chi connectivity index (χ4v) is 5.54. The smallest absolute Gasteiger partial charge is 0.151 e. The number of imidazole rings is 1. The Hall–Kier alpha value is -2.83. The Bertz CT molecular complexity index is 1270. The van der Waals surface area contributed by atoms with Gasteiger partial charge in [0.1, 0.15) is 5.82 Å². The van der Waals surface area contributed by atoms with E-state index in [1.807, 2.05) is 24.3 Å². The lowest BCUT2D eigenvalue weighted by molar-refractivity contribution is 0.689. The van der Waals surface area contributed by atoms with Crippen LogP contribution in [0.15, 0.2) is 77.1 Å². The minimum Gasteiger partial charge on any atom is -0.399 e. The van der Waals surface area contributed by atoms with Gasteiger partial charge >= 0.3 is 0 Å². The second kappa shape index (κ2) is 7.89. The van der Waals surface area contributed by atoms with Gasteiger partial charge in [0.05, 0.1) is 27.0 Å². The third-order valence-corrected chi connectivity index (χ3v) is 7.08. The number of hydrogen-bond donors (Lipinski definition) is 1. The number of fused-ring (bicyclic) bond motifs is 2. The third-order valence-electron chi connectivity index (χ3n) is 4.92. The zero-order valence-corrected chi connectivity index (χ0v) is 17.4. The van der Waals surface area contributed by atoms with Crippen LogP contribution < -0.4 is 5.73 Å². The molecule has 29 heavy (non-hydrogen) atoms. The van der Waals surface area contributed by atoms with Gasteiger partial charge in [-0.05, 0) is 42.3 Å². The highest BCUT2D eigenvalue weighted by atomic mass is 32.2. The standard InChI is InChI=1S/C23H20N4S2/c24-17-10-11-19-21(14-17)29-23(26-19)28-15-22-25-18-8-4-5-9-20(18)27(22)13-12-16-6-2-1-3-7-16/h1-11,14H,12-13,15,24H2. The molecule has 0 aliphatic carbocycles. The maximum Gasteiger partial charge on any atom is 0.151 e. The van der Waals surface area contributed by atoms with Crippen LogP contribution in [-0.2, 0) is 18.7 Å². The summed E-state index contributed by atoms with van der Waals surface area (Å²) in [7, 11) is 0. The zero-order chi connectivity index (χ0) is 19.6. The van der Waals surface area contributed by atoms with Crippen LogP contribution in [0.1, 0.15) is 11.4 Å². The van der Waals surface area contributed by atoms with E-state index in [1.54, 1.807) is 23.1 Å². The molecule has 0 amide bonds. The molecule has 6 heteroatoms. The van der Waals surface area contributed by atoms with Gasteiger partial charge in [-0.2, -0.15) is 0 Å². The number of rotatable bonds is 6. The first kappa shape index (κ1) is 18.2. The molecule has 5 aromatic rings. The van der Waals surface area contributed by atoms with E-state index in [2.05, 4.69) is 53.1 Å². The Balaban J connectivity index is 1.40. The van der Waals surface area contributed by atoms with Crippen LogP contribution in [0.3, 0.4) is 0 Å². The lowest BCUT2D eigenvalue weighted by atomic mass is 10.1. The first-order valence-corrected chi connectivity index (χ1v) is 11.3. The number of aryl methyl sites for hydroxylation is 2. The van der Waals surface area contributed by atoms with Gasteiger partial charge in [0, 0.05) is 12.2 Å². The van der Waals surface area contributed by atoms with Gasteiger partial charge in [-0.3, -0.25) is 0 Å². The summed E-state index contributed by atoms with van der Waals surface area (Å²) in [5.41, 5.74) is 11.3. The van der Waals surface area contributed by atoms with Crippen LogP contribution in [0.2, 0.25) is 0 Å². The molecule has 0 aliphatic heterocycles. The normalized spacial score (nSPS) is 11.4. The highest BCUT2D eigenvalue weighted by Crippen LogP contribution is 2.33. The molecule has 0 atom stereocenters. The molecule has 0 fully saturated rings. The summed E-state index contributed by atoms with van der Waals surface area (Å²) in [6, 6.07) is 24.9. The summed E-state index contributed by atoms with van der Waals surface area (Å²) in [6.07, 6.45) is 0.985. The molecule has 4 nitrogen and oxygen atoms in total. The van der Waals surface area contributed by atoms with Gasteiger partial charge in [0.25, 0.3) is 0 Å². The molecule has 0 spiro atoms. The Morgan fingerprint density at radius 3 is 2.62 bits per heavy atom. The summed E-state index contributed by atoms with van der Waals surface area (Å²) < 4.78 is 4.53. The van der Waals surface area contributed by atoms with E-state index in [9.17, 15) is 0 Å². The largest absolute Gasteiger partial charge is 0.399 e. The number of benzene rings is 3. The van der Waals surface area contributed by atoms with E-state index in [0.29, 0.717) is 0 Å². The lowest BCUT2D eigenvalue weighted by Gasteiger charge is -2.09. The van der Waals surface area contributed by atoms with Crippen LogP contribution in [0.25, 0.3) is 21.3 Å². The van der Waals surface area contributed by atoms with Crippen molar-refractivity contribution in [1.29, 1.82) is 0 Å². The van der Waals surface area contributed by atoms with Crippen molar-refractivity contribution in [3.05, 3.63) is 84.2 Å². The maximum absolute atomic E-state index is 5.90. The van der Waals surface area contributed by atoms with Crippen molar-refractivity contribution in [3.63, 3.8) is 0 Å². The summed E-state index contributed by atoms with van der Waals surface area (Å²) >= 11 is 3.43. The molecule has 0 unspecified atom stereocenters. The Morgan fingerprint density at radius 2 is 1.72 bits per heavy atom. The van der Waals surface area contributed by atoms with Crippen LogP contribution in [-0.4, -0.2) is 14.5 Å². The van der Waals surface area contributed by atoms with Gasteiger partial charge in [-0.15, -0.1) is 11.3 Å². The number of nitrogens with two attached hydrogens (primary N) is 1. The van der Waals surface area contributed by atoms with E-state index in [0.717, 1.165) is 50.3 Å². The maximum atomic E-state index is 5.90. The molecule has 144 valence electrons.